The van der Waals surface area contributed by atoms with Crippen LogP contribution in [-0.2, 0) is 6.54 Å². The number of likely N-dealkylation sites (N-methyl/N-ethyl adjacent to an activating group) is 1. The highest BCUT2D eigenvalue weighted by Crippen LogP contribution is 2.34. The predicted molar refractivity (Wildman–Crippen MR) is 106 cm³/mol. The van der Waals surface area contributed by atoms with Crippen LogP contribution in [0.25, 0.3) is 11.3 Å². The SMILES string of the molecule is [CH]c1ccc(-c2ccc3c(c2)CN(C)CCN3c2cccc(Cl)c2)nn1. The van der Waals surface area contributed by atoms with E-state index in [2.05, 4.69) is 51.3 Å². The molecule has 0 fully saturated rings. The lowest BCUT2D eigenvalue weighted by molar-refractivity contribution is 0.343. The first-order valence-corrected chi connectivity index (χ1v) is 8.92. The second-order valence-electron chi connectivity index (χ2n) is 6.56. The number of hydrogen-bond acceptors (Lipinski definition) is 4. The van der Waals surface area contributed by atoms with E-state index in [1.165, 1.54) is 11.3 Å². The van der Waals surface area contributed by atoms with Gasteiger partial charge in [0, 0.05) is 48.5 Å². The van der Waals surface area contributed by atoms with Gasteiger partial charge >= 0.3 is 0 Å². The van der Waals surface area contributed by atoms with Crippen molar-refractivity contribution in [3.63, 3.8) is 0 Å². The molecule has 0 unspecified atom stereocenters. The molecule has 4 nitrogen and oxygen atoms in total. The van der Waals surface area contributed by atoms with Crippen LogP contribution in [0.4, 0.5) is 11.4 Å². The molecule has 1 aromatic heterocycles. The topological polar surface area (TPSA) is 32.3 Å². The fraction of sp³-hybridized carbons (Fsp3) is 0.190. The molecule has 2 radical (unpaired) electrons. The van der Waals surface area contributed by atoms with Gasteiger partial charge < -0.3 is 9.80 Å². The molecule has 4 rings (SSSR count). The summed E-state index contributed by atoms with van der Waals surface area (Å²) in [6, 6.07) is 18.1. The lowest BCUT2D eigenvalue weighted by Crippen LogP contribution is -2.26. The van der Waals surface area contributed by atoms with E-state index in [4.69, 9.17) is 18.5 Å². The molecular weight excluding hydrogens is 344 g/mol. The van der Waals surface area contributed by atoms with Gasteiger partial charge in [-0.05, 0) is 55.1 Å². The molecule has 0 spiro atoms. The fourth-order valence-corrected chi connectivity index (χ4v) is 3.49. The van der Waals surface area contributed by atoms with Gasteiger partial charge in [0.05, 0.1) is 11.4 Å². The predicted octanol–water partition coefficient (Wildman–Crippen LogP) is 4.44. The number of nitrogens with zero attached hydrogens (tertiary/aromatic N) is 4. The van der Waals surface area contributed by atoms with E-state index in [9.17, 15) is 0 Å². The highest BCUT2D eigenvalue weighted by molar-refractivity contribution is 6.30. The third-order valence-electron chi connectivity index (χ3n) is 4.62. The van der Waals surface area contributed by atoms with Crippen molar-refractivity contribution in [2.45, 2.75) is 6.54 Å². The molecule has 1 aliphatic heterocycles. The summed E-state index contributed by atoms with van der Waals surface area (Å²) in [5, 5.41) is 8.92. The second kappa shape index (κ2) is 7.06. The lowest BCUT2D eigenvalue weighted by Gasteiger charge is -2.25. The van der Waals surface area contributed by atoms with Crippen LogP contribution in [-0.4, -0.2) is 35.2 Å². The van der Waals surface area contributed by atoms with Crippen molar-refractivity contribution in [3.05, 3.63) is 77.8 Å². The van der Waals surface area contributed by atoms with Crippen molar-refractivity contribution < 1.29 is 0 Å². The van der Waals surface area contributed by atoms with Crippen molar-refractivity contribution in [1.82, 2.24) is 15.1 Å². The summed E-state index contributed by atoms with van der Waals surface area (Å²) >= 11 is 6.22. The minimum Gasteiger partial charge on any atom is -0.340 e. The van der Waals surface area contributed by atoms with Crippen LogP contribution < -0.4 is 4.90 Å². The number of anilines is 2. The molecule has 0 bridgehead atoms. The van der Waals surface area contributed by atoms with Gasteiger partial charge in [-0.3, -0.25) is 0 Å². The van der Waals surface area contributed by atoms with Crippen LogP contribution in [0.2, 0.25) is 5.02 Å². The summed E-state index contributed by atoms with van der Waals surface area (Å²) in [4.78, 5) is 4.64. The Morgan fingerprint density at radius 3 is 2.65 bits per heavy atom. The van der Waals surface area contributed by atoms with E-state index in [0.29, 0.717) is 5.69 Å². The van der Waals surface area contributed by atoms with Crippen LogP contribution in [0.5, 0.6) is 0 Å². The van der Waals surface area contributed by atoms with E-state index >= 15 is 0 Å². The van der Waals surface area contributed by atoms with Crippen LogP contribution in [0, 0.1) is 6.92 Å². The minimum atomic E-state index is 0.426. The van der Waals surface area contributed by atoms with Crippen LogP contribution >= 0.6 is 11.6 Å². The largest absolute Gasteiger partial charge is 0.340 e. The monoisotopic (exact) mass is 362 g/mol. The van der Waals surface area contributed by atoms with Crippen molar-refractivity contribution in [1.29, 1.82) is 0 Å². The van der Waals surface area contributed by atoms with E-state index in [0.717, 1.165) is 41.6 Å². The molecule has 130 valence electrons. The Hall–Kier alpha value is -2.43. The number of fused-ring (bicyclic) bond motifs is 1. The quantitative estimate of drug-likeness (QED) is 0.674. The normalized spacial score (nSPS) is 14.8. The molecule has 3 aromatic rings. The average Bonchev–Trinajstić information content (AvgIpc) is 2.80. The Morgan fingerprint density at radius 1 is 1.00 bits per heavy atom. The maximum absolute atomic E-state index is 6.22. The highest BCUT2D eigenvalue weighted by Gasteiger charge is 2.20. The Balaban J connectivity index is 1.78. The summed E-state index contributed by atoms with van der Waals surface area (Å²) in [5.74, 6) is 0. The molecule has 2 aromatic carbocycles. The van der Waals surface area contributed by atoms with Gasteiger partial charge in [0.15, 0.2) is 0 Å². The Labute approximate surface area is 159 Å². The molecule has 0 atom stereocenters. The molecule has 26 heavy (non-hydrogen) atoms. The van der Waals surface area contributed by atoms with E-state index in [1.54, 1.807) is 6.07 Å². The van der Waals surface area contributed by atoms with Crippen molar-refractivity contribution in [3.8, 4) is 11.3 Å². The highest BCUT2D eigenvalue weighted by atomic mass is 35.5. The zero-order valence-electron chi connectivity index (χ0n) is 14.6. The van der Waals surface area contributed by atoms with Crippen molar-refractivity contribution >= 4 is 23.0 Å². The number of halogens is 1. The summed E-state index contributed by atoms with van der Waals surface area (Å²) in [6.07, 6.45) is 0. The Morgan fingerprint density at radius 2 is 1.88 bits per heavy atom. The molecule has 2 heterocycles. The molecule has 0 N–H and O–H groups in total. The van der Waals surface area contributed by atoms with Crippen LogP contribution in [0.1, 0.15) is 11.3 Å². The molecule has 0 aliphatic carbocycles. The molecule has 5 heteroatoms. The van der Waals surface area contributed by atoms with Crippen molar-refractivity contribution in [2.75, 3.05) is 25.0 Å². The lowest BCUT2D eigenvalue weighted by atomic mass is 10.0. The number of rotatable bonds is 2. The number of hydrogen-bond donors (Lipinski definition) is 0. The standard InChI is InChI=1S/C21H19ClN4/c1-15-6-8-20(24-23-15)16-7-9-21-17(12-16)14-25(2)10-11-26(21)19-5-3-4-18(22)13-19/h1,3-9,12-13H,10-11,14H2,2H3. The first kappa shape index (κ1) is 17.0. The van der Waals surface area contributed by atoms with E-state index in [-0.39, 0.29) is 0 Å². The summed E-state index contributed by atoms with van der Waals surface area (Å²) in [5.41, 5.74) is 5.84. The zero-order valence-corrected chi connectivity index (χ0v) is 15.3. The van der Waals surface area contributed by atoms with Crippen molar-refractivity contribution in [2.24, 2.45) is 0 Å². The summed E-state index contributed by atoms with van der Waals surface area (Å²) in [7, 11) is 2.14. The Bertz CT molecular complexity index is 924. The van der Waals surface area contributed by atoms with Gasteiger partial charge in [0.1, 0.15) is 0 Å². The maximum atomic E-state index is 6.22. The molecule has 0 saturated heterocycles. The van der Waals surface area contributed by atoms with Crippen LogP contribution in [0.3, 0.4) is 0 Å². The molecule has 1 aliphatic rings. The van der Waals surface area contributed by atoms with E-state index in [1.807, 2.05) is 24.3 Å². The number of benzene rings is 2. The molecule has 0 amide bonds. The fourth-order valence-electron chi connectivity index (χ4n) is 3.30. The second-order valence-corrected chi connectivity index (χ2v) is 6.99. The van der Waals surface area contributed by atoms with Gasteiger partial charge in [0.2, 0.25) is 0 Å². The first-order valence-electron chi connectivity index (χ1n) is 8.54. The third kappa shape index (κ3) is 3.43. The van der Waals surface area contributed by atoms with Gasteiger partial charge in [-0.15, -0.1) is 0 Å². The zero-order chi connectivity index (χ0) is 18.1. The molecular formula is C21H19ClN4. The number of aromatic nitrogens is 2. The summed E-state index contributed by atoms with van der Waals surface area (Å²) in [6.45, 7) is 8.41. The molecule has 0 saturated carbocycles. The average molecular weight is 363 g/mol. The van der Waals surface area contributed by atoms with E-state index < -0.39 is 0 Å². The summed E-state index contributed by atoms with van der Waals surface area (Å²) < 4.78 is 0. The van der Waals surface area contributed by atoms with Gasteiger partial charge in [-0.2, -0.15) is 10.2 Å². The minimum absolute atomic E-state index is 0.426. The third-order valence-corrected chi connectivity index (χ3v) is 4.85. The Kier molecular flexibility index (Phi) is 4.62. The first-order chi connectivity index (χ1) is 12.6. The smallest absolute Gasteiger partial charge is 0.0929 e. The van der Waals surface area contributed by atoms with Gasteiger partial charge in [-0.25, -0.2) is 0 Å². The maximum Gasteiger partial charge on any atom is 0.0929 e. The van der Waals surface area contributed by atoms with Gasteiger partial charge in [0.25, 0.3) is 0 Å². The van der Waals surface area contributed by atoms with Crippen LogP contribution in [0.15, 0.2) is 54.6 Å². The van der Waals surface area contributed by atoms with Gasteiger partial charge in [-0.1, -0.05) is 23.7 Å².